The zero-order valence-corrected chi connectivity index (χ0v) is 16.0. The average Bonchev–Trinajstić information content (AvgIpc) is 2.60. The number of nitrogens with zero attached hydrogens (tertiary/aromatic N) is 1. The number of hydrogen-bond acceptors (Lipinski definition) is 4. The number of urea groups is 1. The molecular weight excluding hydrogens is 340 g/mol. The Kier molecular flexibility index (Phi) is 6.70. The highest BCUT2D eigenvalue weighted by molar-refractivity contribution is 7.92. The first-order valence-corrected chi connectivity index (χ1v) is 10.5. The monoisotopic (exact) mass is 368 g/mol. The molecule has 1 heterocycles. The molecule has 1 saturated heterocycles. The number of ether oxygens (including phenoxy) is 1. The standard InChI is InChI=1S/C18H28N2O4S/c1-4-25(22,23)17-8-10-20(11-9-17)18(21)19-13-15(3)24-16-7-5-6-14(2)12-16/h5-7,12,15,17H,4,8-11,13H2,1-3H3,(H,19,21). The SMILES string of the molecule is CCS(=O)(=O)C1CCN(C(=O)NCC(C)Oc2cccc(C)c2)CC1. The van der Waals surface area contributed by atoms with E-state index in [4.69, 9.17) is 4.74 Å². The second-order valence-electron chi connectivity index (χ2n) is 6.57. The number of piperidine rings is 1. The fourth-order valence-electron chi connectivity index (χ4n) is 2.96. The second kappa shape index (κ2) is 8.56. The summed E-state index contributed by atoms with van der Waals surface area (Å²) in [4.78, 5) is 13.9. The Labute approximate surface area is 150 Å². The van der Waals surface area contributed by atoms with Gasteiger partial charge in [-0.1, -0.05) is 19.1 Å². The number of amides is 2. The third-order valence-electron chi connectivity index (χ3n) is 4.51. The van der Waals surface area contributed by atoms with Crippen LogP contribution in [0.2, 0.25) is 0 Å². The Hall–Kier alpha value is -1.76. The van der Waals surface area contributed by atoms with Crippen LogP contribution in [-0.2, 0) is 9.84 Å². The molecule has 2 amide bonds. The van der Waals surface area contributed by atoms with Crippen molar-refractivity contribution in [1.82, 2.24) is 10.2 Å². The summed E-state index contributed by atoms with van der Waals surface area (Å²) in [6, 6.07) is 7.63. The van der Waals surface area contributed by atoms with Crippen molar-refractivity contribution in [3.05, 3.63) is 29.8 Å². The molecule has 1 aliphatic rings. The molecule has 1 aromatic rings. The molecule has 7 heteroatoms. The largest absolute Gasteiger partial charge is 0.489 e. The first-order chi connectivity index (χ1) is 11.8. The summed E-state index contributed by atoms with van der Waals surface area (Å²) in [5.41, 5.74) is 1.12. The van der Waals surface area contributed by atoms with Crippen molar-refractivity contribution in [3.63, 3.8) is 0 Å². The van der Waals surface area contributed by atoms with Crippen LogP contribution in [0.1, 0.15) is 32.3 Å². The first kappa shape index (κ1) is 19.6. The highest BCUT2D eigenvalue weighted by Gasteiger charge is 2.30. The predicted octanol–water partition coefficient (Wildman–Crippen LogP) is 2.37. The van der Waals surface area contributed by atoms with Gasteiger partial charge in [0.1, 0.15) is 11.9 Å². The summed E-state index contributed by atoms with van der Waals surface area (Å²) < 4.78 is 29.6. The van der Waals surface area contributed by atoms with Crippen LogP contribution in [0.3, 0.4) is 0 Å². The summed E-state index contributed by atoms with van der Waals surface area (Å²) in [7, 11) is -3.01. The third-order valence-corrected chi connectivity index (χ3v) is 6.80. The molecule has 1 fully saturated rings. The average molecular weight is 368 g/mol. The Bertz CT molecular complexity index is 682. The van der Waals surface area contributed by atoms with Crippen molar-refractivity contribution in [3.8, 4) is 5.75 Å². The molecule has 6 nitrogen and oxygen atoms in total. The second-order valence-corrected chi connectivity index (χ2v) is 9.14. The fourth-order valence-corrected chi connectivity index (χ4v) is 4.36. The lowest BCUT2D eigenvalue weighted by Gasteiger charge is -2.31. The minimum atomic E-state index is -3.01. The van der Waals surface area contributed by atoms with E-state index in [1.807, 2.05) is 38.1 Å². The molecule has 0 radical (unpaired) electrons. The molecular formula is C18H28N2O4S. The highest BCUT2D eigenvalue weighted by atomic mass is 32.2. The topological polar surface area (TPSA) is 75.7 Å². The van der Waals surface area contributed by atoms with Crippen molar-refractivity contribution in [2.45, 2.75) is 45.0 Å². The lowest BCUT2D eigenvalue weighted by atomic mass is 10.1. The van der Waals surface area contributed by atoms with Gasteiger partial charge in [-0.3, -0.25) is 0 Å². The summed E-state index contributed by atoms with van der Waals surface area (Å²) in [5, 5.41) is 2.55. The fraction of sp³-hybridized carbons (Fsp3) is 0.611. The Morgan fingerprint density at radius 3 is 2.64 bits per heavy atom. The van der Waals surface area contributed by atoms with E-state index in [1.54, 1.807) is 11.8 Å². The molecule has 25 heavy (non-hydrogen) atoms. The maximum Gasteiger partial charge on any atom is 0.317 e. The van der Waals surface area contributed by atoms with E-state index in [0.717, 1.165) is 11.3 Å². The van der Waals surface area contributed by atoms with Crippen LogP contribution in [0.5, 0.6) is 5.75 Å². The first-order valence-electron chi connectivity index (χ1n) is 8.79. The van der Waals surface area contributed by atoms with E-state index in [1.165, 1.54) is 0 Å². The van der Waals surface area contributed by atoms with Gasteiger partial charge in [-0.15, -0.1) is 0 Å². The Morgan fingerprint density at radius 1 is 1.36 bits per heavy atom. The molecule has 0 aliphatic carbocycles. The van der Waals surface area contributed by atoms with E-state index < -0.39 is 9.84 Å². The molecule has 140 valence electrons. The normalized spacial score (nSPS) is 17.2. The van der Waals surface area contributed by atoms with Gasteiger partial charge in [-0.2, -0.15) is 0 Å². The minimum Gasteiger partial charge on any atom is -0.489 e. The van der Waals surface area contributed by atoms with Gasteiger partial charge >= 0.3 is 6.03 Å². The van der Waals surface area contributed by atoms with E-state index in [9.17, 15) is 13.2 Å². The summed E-state index contributed by atoms with van der Waals surface area (Å²) in [6.45, 7) is 6.93. The predicted molar refractivity (Wildman–Crippen MR) is 98.7 cm³/mol. The molecule has 0 spiro atoms. The van der Waals surface area contributed by atoms with Crippen molar-refractivity contribution < 1.29 is 17.9 Å². The van der Waals surface area contributed by atoms with Gasteiger partial charge in [0.25, 0.3) is 0 Å². The van der Waals surface area contributed by atoms with Crippen LogP contribution < -0.4 is 10.1 Å². The molecule has 0 aromatic heterocycles. The van der Waals surface area contributed by atoms with Crippen molar-refractivity contribution in [2.24, 2.45) is 0 Å². The maximum atomic E-state index is 12.2. The zero-order valence-electron chi connectivity index (χ0n) is 15.2. The lowest BCUT2D eigenvalue weighted by Crippen LogP contribution is -2.48. The molecule has 1 atom stereocenters. The number of carbonyl (C=O) groups excluding carboxylic acids is 1. The van der Waals surface area contributed by atoms with Crippen molar-refractivity contribution in [2.75, 3.05) is 25.4 Å². The Balaban J connectivity index is 1.75. The van der Waals surface area contributed by atoms with Crippen LogP contribution in [-0.4, -0.2) is 56.1 Å². The van der Waals surface area contributed by atoms with E-state index in [2.05, 4.69) is 5.32 Å². The number of benzene rings is 1. The summed E-state index contributed by atoms with van der Waals surface area (Å²) in [5.74, 6) is 0.949. The van der Waals surface area contributed by atoms with E-state index in [0.29, 0.717) is 32.5 Å². The molecule has 1 aromatic carbocycles. The molecule has 1 N–H and O–H groups in total. The Morgan fingerprint density at radius 2 is 2.04 bits per heavy atom. The number of rotatable bonds is 6. The zero-order chi connectivity index (χ0) is 18.4. The van der Waals surface area contributed by atoms with Gasteiger partial charge in [0, 0.05) is 18.8 Å². The van der Waals surface area contributed by atoms with Crippen LogP contribution in [0.15, 0.2) is 24.3 Å². The van der Waals surface area contributed by atoms with Crippen LogP contribution in [0, 0.1) is 6.92 Å². The number of carbonyl (C=O) groups is 1. The van der Waals surface area contributed by atoms with E-state index in [-0.39, 0.29) is 23.1 Å². The number of likely N-dealkylation sites (tertiary alicyclic amines) is 1. The van der Waals surface area contributed by atoms with Gasteiger partial charge in [0.2, 0.25) is 0 Å². The van der Waals surface area contributed by atoms with Gasteiger partial charge in [-0.05, 0) is 44.4 Å². The highest BCUT2D eigenvalue weighted by Crippen LogP contribution is 2.18. The third kappa shape index (κ3) is 5.63. The summed E-state index contributed by atoms with van der Waals surface area (Å²) >= 11 is 0. The molecule has 1 unspecified atom stereocenters. The number of nitrogens with one attached hydrogen (secondary N) is 1. The maximum absolute atomic E-state index is 12.2. The number of hydrogen-bond donors (Lipinski definition) is 1. The smallest absolute Gasteiger partial charge is 0.317 e. The van der Waals surface area contributed by atoms with Gasteiger partial charge in [0.05, 0.1) is 11.8 Å². The van der Waals surface area contributed by atoms with E-state index >= 15 is 0 Å². The van der Waals surface area contributed by atoms with Crippen molar-refractivity contribution in [1.29, 1.82) is 0 Å². The molecule has 0 bridgehead atoms. The van der Waals surface area contributed by atoms with Gasteiger partial charge in [0.15, 0.2) is 9.84 Å². The van der Waals surface area contributed by atoms with Crippen molar-refractivity contribution >= 4 is 15.9 Å². The molecule has 2 rings (SSSR count). The van der Waals surface area contributed by atoms with Crippen LogP contribution in [0.25, 0.3) is 0 Å². The number of aryl methyl sites for hydroxylation is 1. The van der Waals surface area contributed by atoms with Crippen LogP contribution in [0.4, 0.5) is 4.79 Å². The summed E-state index contributed by atoms with van der Waals surface area (Å²) in [6.07, 6.45) is 0.876. The van der Waals surface area contributed by atoms with Gasteiger partial charge in [-0.25, -0.2) is 13.2 Å². The lowest BCUT2D eigenvalue weighted by molar-refractivity contribution is 0.174. The minimum absolute atomic E-state index is 0.149. The van der Waals surface area contributed by atoms with Gasteiger partial charge < -0.3 is 15.0 Å². The molecule has 1 aliphatic heterocycles. The molecule has 0 saturated carbocycles. The number of sulfone groups is 1. The quantitative estimate of drug-likeness (QED) is 0.836. The van der Waals surface area contributed by atoms with Crippen LogP contribution >= 0.6 is 0 Å².